The van der Waals surface area contributed by atoms with Crippen LogP contribution in [0.4, 0.5) is 0 Å². The van der Waals surface area contributed by atoms with Crippen LogP contribution in [0.5, 0.6) is 0 Å². The second-order valence-corrected chi connectivity index (χ2v) is 25.1. The van der Waals surface area contributed by atoms with E-state index < -0.39 is 4.32 Å². The first-order valence-electron chi connectivity index (χ1n) is 24.6. The van der Waals surface area contributed by atoms with Gasteiger partial charge in [-0.25, -0.2) is 4.99 Å². The minimum absolute atomic E-state index is 0.0635. The van der Waals surface area contributed by atoms with Crippen LogP contribution in [0, 0.1) is 0 Å². The molecule has 0 spiro atoms. The number of halogens is 1. The van der Waals surface area contributed by atoms with Gasteiger partial charge in [-0.1, -0.05) is 196 Å². The minimum Gasteiger partial charge on any atom is -0.377 e. The number of benzene rings is 6. The fourth-order valence-electron chi connectivity index (χ4n) is 10.6. The number of hydrogen-bond donors (Lipinski definition) is 2. The van der Waals surface area contributed by atoms with Crippen molar-refractivity contribution in [1.29, 1.82) is 0 Å². The molecule has 5 heterocycles. The molecule has 5 heteroatoms. The third-order valence-electron chi connectivity index (χ3n) is 14.8. The zero-order valence-corrected chi connectivity index (χ0v) is 43.8. The summed E-state index contributed by atoms with van der Waals surface area (Å²) in [6.45, 7) is 27.7. The molecule has 2 N–H and O–H groups in total. The van der Waals surface area contributed by atoms with E-state index in [0.717, 1.165) is 62.2 Å². The largest absolute Gasteiger partial charge is 0.377 e. The normalized spacial score (nSPS) is 19.7. The molecule has 0 fully saturated rings. The van der Waals surface area contributed by atoms with Gasteiger partial charge in [0.15, 0.2) is 0 Å². The molecule has 0 saturated heterocycles. The maximum Gasteiger partial charge on any atom is 0.116 e. The maximum absolute atomic E-state index is 5.82. The lowest BCUT2D eigenvalue weighted by Gasteiger charge is -2.36. The number of hydrogen-bond acceptors (Lipinski definition) is 3. The Morgan fingerprint density at radius 3 is 1.68 bits per heavy atom. The van der Waals surface area contributed by atoms with Gasteiger partial charge in [0.2, 0.25) is 0 Å². The molecule has 6 aromatic carbocycles. The second kappa shape index (κ2) is 15.6. The molecule has 4 aliphatic heterocycles. The Bertz CT molecular complexity index is 3480. The number of aromatic nitrogens is 1. The SMILES string of the molecule is CC(C)(C)c1cc(C2=C3C=CC(=N3)C=C3C=CC(N3)C(Br)(c3cc(C(C)(C)C)cc(C(C)(C)C)c3)C3=NC(=C(c4ccc5ccc6cccc7ccc4c5c67)c4ccc2[nH]4)C=C3)cc(C(C)(C)C)c1. The molecule has 0 aliphatic carbocycles. The van der Waals surface area contributed by atoms with Gasteiger partial charge in [-0.3, -0.25) is 4.99 Å². The molecule has 2 unspecified atom stereocenters. The third-order valence-corrected chi connectivity index (χ3v) is 16.1. The fraction of sp³-hybridized carbons (Fsp3) is 0.281. The summed E-state index contributed by atoms with van der Waals surface area (Å²) in [6.07, 6.45) is 15.5. The lowest BCUT2D eigenvalue weighted by atomic mass is 9.76. The summed E-state index contributed by atoms with van der Waals surface area (Å²) in [5.74, 6) is 0. The highest BCUT2D eigenvalue weighted by Gasteiger charge is 2.45. The molecule has 1 aromatic heterocycles. The molecule has 7 aromatic rings. The molecule has 11 rings (SSSR count). The molecule has 4 nitrogen and oxygen atoms in total. The van der Waals surface area contributed by atoms with Crippen LogP contribution in [0.1, 0.15) is 133 Å². The van der Waals surface area contributed by atoms with Crippen molar-refractivity contribution in [3.8, 4) is 0 Å². The molecule has 0 amide bonds. The highest BCUT2D eigenvalue weighted by molar-refractivity contribution is 9.10. The molecular weight excluding hydrogens is 905 g/mol. The van der Waals surface area contributed by atoms with Gasteiger partial charge in [0.1, 0.15) is 4.32 Å². The van der Waals surface area contributed by atoms with Crippen LogP contribution in [-0.4, -0.2) is 22.4 Å². The van der Waals surface area contributed by atoms with Gasteiger partial charge in [-0.05, 0) is 142 Å². The lowest BCUT2D eigenvalue weighted by molar-refractivity contribution is 0.561. The average Bonchev–Trinajstić information content (AvgIpc) is 4.14. The molecule has 0 radical (unpaired) electrons. The molecular formula is C64H63BrN4. The zero-order chi connectivity index (χ0) is 48.6. The summed E-state index contributed by atoms with van der Waals surface area (Å²) in [4.78, 5) is 15.3. The van der Waals surface area contributed by atoms with Crippen molar-refractivity contribution in [3.05, 3.63) is 213 Å². The van der Waals surface area contributed by atoms with Crippen molar-refractivity contribution in [3.63, 3.8) is 0 Å². The van der Waals surface area contributed by atoms with Crippen LogP contribution in [0.25, 0.3) is 43.5 Å². The second-order valence-electron chi connectivity index (χ2n) is 23.9. The number of fused-ring (bicyclic) bond motifs is 6. The van der Waals surface area contributed by atoms with Crippen molar-refractivity contribution in [2.75, 3.05) is 0 Å². The number of aromatic amines is 1. The first-order valence-corrected chi connectivity index (χ1v) is 25.4. The number of alkyl halides is 1. The highest BCUT2D eigenvalue weighted by Crippen LogP contribution is 2.48. The third kappa shape index (κ3) is 7.73. The Labute approximate surface area is 417 Å². The van der Waals surface area contributed by atoms with Crippen molar-refractivity contribution < 1.29 is 0 Å². The minimum atomic E-state index is -0.751. The van der Waals surface area contributed by atoms with Crippen LogP contribution in [0.3, 0.4) is 0 Å². The first kappa shape index (κ1) is 45.2. The van der Waals surface area contributed by atoms with Gasteiger partial charge in [-0.2, -0.15) is 0 Å². The molecule has 346 valence electrons. The number of aliphatic imine (C=N–C) groups is 2. The van der Waals surface area contributed by atoms with E-state index in [-0.39, 0.29) is 27.7 Å². The molecule has 8 bridgehead atoms. The van der Waals surface area contributed by atoms with Crippen molar-refractivity contribution >= 4 is 70.8 Å². The van der Waals surface area contributed by atoms with Gasteiger partial charge in [0.25, 0.3) is 0 Å². The Morgan fingerprint density at radius 1 is 0.522 bits per heavy atom. The number of rotatable bonds is 3. The van der Waals surface area contributed by atoms with Crippen LogP contribution in [0.15, 0.2) is 173 Å². The van der Waals surface area contributed by atoms with Crippen LogP contribution >= 0.6 is 15.9 Å². The predicted molar refractivity (Wildman–Crippen MR) is 299 cm³/mol. The van der Waals surface area contributed by atoms with Gasteiger partial charge in [-0.15, -0.1) is 0 Å². The number of H-pyrrole nitrogens is 1. The monoisotopic (exact) mass is 966 g/mol. The Hall–Kier alpha value is -6.30. The molecule has 4 aliphatic rings. The van der Waals surface area contributed by atoms with Gasteiger partial charge < -0.3 is 10.3 Å². The average molecular weight is 968 g/mol. The van der Waals surface area contributed by atoms with E-state index in [4.69, 9.17) is 9.98 Å². The van der Waals surface area contributed by atoms with Gasteiger partial charge in [0, 0.05) is 28.2 Å². The van der Waals surface area contributed by atoms with E-state index in [2.05, 4.69) is 255 Å². The summed E-state index contributed by atoms with van der Waals surface area (Å²) >= 11 is 4.54. The van der Waals surface area contributed by atoms with Crippen LogP contribution in [0.2, 0.25) is 0 Å². The molecule has 0 saturated carbocycles. The smallest absolute Gasteiger partial charge is 0.116 e. The molecule has 69 heavy (non-hydrogen) atoms. The van der Waals surface area contributed by atoms with E-state index >= 15 is 0 Å². The van der Waals surface area contributed by atoms with Gasteiger partial charge >= 0.3 is 0 Å². The summed E-state index contributed by atoms with van der Waals surface area (Å²) < 4.78 is -0.751. The van der Waals surface area contributed by atoms with E-state index in [1.807, 2.05) is 0 Å². The summed E-state index contributed by atoms with van der Waals surface area (Å²) in [6, 6.07) is 39.1. The Morgan fingerprint density at radius 2 is 1.06 bits per heavy atom. The zero-order valence-electron chi connectivity index (χ0n) is 42.2. The lowest BCUT2D eigenvalue weighted by Crippen LogP contribution is -2.45. The summed E-state index contributed by atoms with van der Waals surface area (Å²) in [5.41, 5.74) is 17.2. The first-order chi connectivity index (χ1) is 32.5. The van der Waals surface area contributed by atoms with E-state index in [1.54, 1.807) is 0 Å². The van der Waals surface area contributed by atoms with Crippen molar-refractivity contribution in [2.24, 2.45) is 9.98 Å². The van der Waals surface area contributed by atoms with Crippen molar-refractivity contribution in [1.82, 2.24) is 10.3 Å². The van der Waals surface area contributed by atoms with E-state index in [1.165, 1.54) is 60.1 Å². The van der Waals surface area contributed by atoms with E-state index in [9.17, 15) is 0 Å². The Balaban J connectivity index is 1.22. The summed E-state index contributed by atoms with van der Waals surface area (Å²) in [5, 5.41) is 11.5. The number of allylic oxidation sites excluding steroid dienone is 6. The highest BCUT2D eigenvalue weighted by atomic mass is 79.9. The number of nitrogens with zero attached hydrogens (tertiary/aromatic N) is 2. The standard InChI is InChI=1S/C64H63BrN4/c1-60(2,3)41-30-40(31-42(32-41)61(4,5)6)58-50-24-20-46(66-50)36-47-21-28-54(67-47)64(65,45-34-43(62(7,8)9)33-44(35-45)63(10,11)12)55-29-27-53(69-55)59(52-26-25-51(58)68-52)49-23-19-39-17-16-37-14-13-15-38-18-22-48(49)57(39)56(37)38/h13-36,54,67-68H,1-12H3. The number of nitrogens with one attached hydrogen (secondary N) is 2. The van der Waals surface area contributed by atoms with Crippen LogP contribution in [-0.2, 0) is 26.0 Å². The van der Waals surface area contributed by atoms with E-state index in [0.29, 0.717) is 0 Å². The van der Waals surface area contributed by atoms with Crippen LogP contribution < -0.4 is 5.32 Å². The Kier molecular flexibility index (Phi) is 10.2. The van der Waals surface area contributed by atoms with Gasteiger partial charge in [0.05, 0.1) is 28.9 Å². The topological polar surface area (TPSA) is 52.5 Å². The predicted octanol–water partition coefficient (Wildman–Crippen LogP) is 16.4. The summed E-state index contributed by atoms with van der Waals surface area (Å²) in [7, 11) is 0. The van der Waals surface area contributed by atoms with Crippen molar-refractivity contribution in [2.45, 2.75) is 115 Å². The molecule has 2 atom stereocenters. The quantitative estimate of drug-likeness (QED) is 0.135. The fourth-order valence-corrected chi connectivity index (χ4v) is 11.3. The maximum atomic E-state index is 5.82.